The van der Waals surface area contributed by atoms with Gasteiger partial charge in [-0.15, -0.1) is 0 Å². The lowest BCUT2D eigenvalue weighted by Gasteiger charge is -2.18. The van der Waals surface area contributed by atoms with Crippen LogP contribution in [0.1, 0.15) is 26.4 Å². The highest BCUT2D eigenvalue weighted by Gasteiger charge is 2.49. The Kier molecular flexibility index (Phi) is 3.20. The van der Waals surface area contributed by atoms with Crippen molar-refractivity contribution in [2.45, 2.75) is 5.92 Å². The van der Waals surface area contributed by atoms with Crippen LogP contribution in [-0.4, -0.2) is 32.6 Å². The third kappa shape index (κ3) is 2.17. The minimum absolute atomic E-state index is 0.0193. The van der Waals surface area contributed by atoms with Crippen molar-refractivity contribution >= 4 is 17.8 Å². The molecule has 0 atom stereocenters. The van der Waals surface area contributed by atoms with Gasteiger partial charge in [-0.25, -0.2) is 4.79 Å². The first kappa shape index (κ1) is 14.8. The lowest BCUT2D eigenvalue weighted by atomic mass is 10.1. The molecule has 0 N–H and O–H groups in total. The molecule has 1 aliphatic heterocycles. The van der Waals surface area contributed by atoms with Crippen LogP contribution in [0.4, 0.5) is 8.78 Å². The molecule has 3 rings (SSSR count). The number of halogens is 2. The first-order chi connectivity index (χ1) is 10.8. The molecule has 0 aliphatic carbocycles. The molecule has 1 aliphatic rings. The van der Waals surface area contributed by atoms with Crippen LogP contribution in [0.15, 0.2) is 36.5 Å². The van der Waals surface area contributed by atoms with Crippen molar-refractivity contribution < 1.29 is 28.0 Å². The van der Waals surface area contributed by atoms with E-state index in [1.165, 1.54) is 31.3 Å². The average Bonchev–Trinajstić information content (AvgIpc) is 3.06. The third-order valence-corrected chi connectivity index (χ3v) is 3.33. The van der Waals surface area contributed by atoms with Gasteiger partial charge in [0.1, 0.15) is 5.69 Å². The van der Waals surface area contributed by atoms with Crippen molar-refractivity contribution in [3.8, 4) is 0 Å². The number of alkyl halides is 2. The number of hydrogen-bond donors (Lipinski definition) is 0. The van der Waals surface area contributed by atoms with Crippen LogP contribution in [0.25, 0.3) is 0 Å². The quantitative estimate of drug-likeness (QED) is 0.795. The predicted molar refractivity (Wildman–Crippen MR) is 70.1 cm³/mol. The molecule has 2 amide bonds. The Morgan fingerprint density at radius 3 is 2.17 bits per heavy atom. The molecular formula is C14H9F2N3O4. The average molecular weight is 321 g/mol. The van der Waals surface area contributed by atoms with Gasteiger partial charge in [0.05, 0.1) is 11.1 Å². The van der Waals surface area contributed by atoms with Gasteiger partial charge in [-0.1, -0.05) is 17.2 Å². The summed E-state index contributed by atoms with van der Waals surface area (Å²) in [6, 6.07) is 6.61. The number of benzene rings is 1. The van der Waals surface area contributed by atoms with Gasteiger partial charge in [0.25, 0.3) is 11.8 Å². The van der Waals surface area contributed by atoms with E-state index in [9.17, 15) is 23.2 Å². The second kappa shape index (κ2) is 4.97. The number of aromatic nitrogens is 2. The summed E-state index contributed by atoms with van der Waals surface area (Å²) in [5, 5.41) is 3.58. The van der Waals surface area contributed by atoms with Crippen LogP contribution in [-0.2, 0) is 22.6 Å². The number of rotatable bonds is 3. The summed E-state index contributed by atoms with van der Waals surface area (Å²) >= 11 is 0. The van der Waals surface area contributed by atoms with Crippen LogP contribution in [0.2, 0.25) is 0 Å². The second-order valence-corrected chi connectivity index (χ2v) is 4.74. The van der Waals surface area contributed by atoms with Crippen LogP contribution in [0.3, 0.4) is 0 Å². The number of amides is 2. The number of imide groups is 1. The first-order valence-electron chi connectivity index (χ1n) is 6.40. The summed E-state index contributed by atoms with van der Waals surface area (Å²) in [6.07, 6.45) is 1.08. The van der Waals surface area contributed by atoms with Crippen LogP contribution >= 0.6 is 0 Å². The van der Waals surface area contributed by atoms with Gasteiger partial charge in [-0.2, -0.15) is 13.9 Å². The molecule has 0 saturated heterocycles. The Balaban J connectivity index is 1.86. The lowest BCUT2D eigenvalue weighted by molar-refractivity contribution is -0.199. The van der Waals surface area contributed by atoms with Crippen LogP contribution < -0.4 is 0 Å². The molecular weight excluding hydrogens is 312 g/mol. The topological polar surface area (TPSA) is 81.5 Å². The summed E-state index contributed by atoms with van der Waals surface area (Å²) < 4.78 is 29.0. The van der Waals surface area contributed by atoms with Gasteiger partial charge in [0.2, 0.25) is 0 Å². The summed E-state index contributed by atoms with van der Waals surface area (Å²) in [5.74, 6) is -8.06. The Bertz CT molecular complexity index is 796. The molecule has 0 unspecified atom stereocenters. The minimum atomic E-state index is -4.07. The highest BCUT2D eigenvalue weighted by Crippen LogP contribution is 2.31. The van der Waals surface area contributed by atoms with Gasteiger partial charge >= 0.3 is 11.9 Å². The van der Waals surface area contributed by atoms with E-state index in [1.54, 1.807) is 0 Å². The molecule has 0 radical (unpaired) electrons. The Labute approximate surface area is 128 Å². The predicted octanol–water partition coefficient (Wildman–Crippen LogP) is 1.27. The van der Waals surface area contributed by atoms with Crippen molar-refractivity contribution in [1.82, 2.24) is 14.8 Å². The van der Waals surface area contributed by atoms with Crippen LogP contribution in [0.5, 0.6) is 0 Å². The third-order valence-electron chi connectivity index (χ3n) is 3.33. The molecule has 1 aromatic heterocycles. The minimum Gasteiger partial charge on any atom is -0.323 e. The molecule has 7 nitrogen and oxygen atoms in total. The summed E-state index contributed by atoms with van der Waals surface area (Å²) in [6.45, 7) is 0. The van der Waals surface area contributed by atoms with Gasteiger partial charge in [-0.05, 0) is 18.2 Å². The maximum Gasteiger partial charge on any atom is 0.409 e. The van der Waals surface area contributed by atoms with E-state index >= 15 is 0 Å². The molecule has 0 spiro atoms. The summed E-state index contributed by atoms with van der Waals surface area (Å²) in [4.78, 5) is 40.1. The summed E-state index contributed by atoms with van der Waals surface area (Å²) in [5.41, 5.74) is -0.762. The van der Waals surface area contributed by atoms with E-state index in [4.69, 9.17) is 0 Å². The van der Waals surface area contributed by atoms with Crippen molar-refractivity contribution in [3.05, 3.63) is 53.3 Å². The molecule has 2 aromatic rings. The van der Waals surface area contributed by atoms with Crippen molar-refractivity contribution in [1.29, 1.82) is 0 Å². The zero-order valence-corrected chi connectivity index (χ0v) is 11.7. The fraction of sp³-hybridized carbons (Fsp3) is 0.143. The van der Waals surface area contributed by atoms with Gasteiger partial charge in [-0.3, -0.25) is 14.3 Å². The molecule has 1 aromatic carbocycles. The maximum atomic E-state index is 14.1. The number of carbonyl (C=O) groups excluding carboxylic acids is 3. The number of aryl methyl sites for hydroxylation is 1. The zero-order chi connectivity index (χ0) is 16.8. The number of nitrogens with zero attached hydrogens (tertiary/aromatic N) is 3. The fourth-order valence-electron chi connectivity index (χ4n) is 2.18. The molecule has 0 fully saturated rings. The molecule has 9 heteroatoms. The molecule has 0 saturated carbocycles. The largest absolute Gasteiger partial charge is 0.409 e. The standard InChI is InChI=1S/C14H9F2N3O4/c1-18-10(6-7-17-18)14(15,16)13(22)23-19-11(20)8-4-2-3-5-9(8)12(19)21/h2-7H,1H3. The van der Waals surface area contributed by atoms with Crippen molar-refractivity contribution in [2.75, 3.05) is 0 Å². The van der Waals surface area contributed by atoms with Gasteiger partial charge in [0.15, 0.2) is 0 Å². The monoisotopic (exact) mass is 321 g/mol. The SMILES string of the molecule is Cn1nccc1C(F)(F)C(=O)ON1C(=O)c2ccccc2C1=O. The van der Waals surface area contributed by atoms with Crippen LogP contribution in [0, 0.1) is 0 Å². The molecule has 2 heterocycles. The van der Waals surface area contributed by atoms with E-state index in [-0.39, 0.29) is 16.2 Å². The molecule has 0 bridgehead atoms. The molecule has 23 heavy (non-hydrogen) atoms. The van der Waals surface area contributed by atoms with Gasteiger partial charge in [0, 0.05) is 13.2 Å². The van der Waals surface area contributed by atoms with E-state index in [1.807, 2.05) is 0 Å². The van der Waals surface area contributed by atoms with E-state index < -0.39 is 29.4 Å². The lowest BCUT2D eigenvalue weighted by Crippen LogP contribution is -2.39. The highest BCUT2D eigenvalue weighted by atomic mass is 19.3. The Hall–Kier alpha value is -3.10. The number of hydrogen-bond acceptors (Lipinski definition) is 5. The number of hydroxylamine groups is 2. The number of fused-ring (bicyclic) bond motifs is 1. The Morgan fingerprint density at radius 1 is 1.13 bits per heavy atom. The van der Waals surface area contributed by atoms with Crippen molar-refractivity contribution in [2.24, 2.45) is 7.05 Å². The normalized spacial score (nSPS) is 14.1. The highest BCUT2D eigenvalue weighted by molar-refractivity contribution is 6.20. The molecule has 118 valence electrons. The van der Waals surface area contributed by atoms with Gasteiger partial charge < -0.3 is 4.84 Å². The smallest absolute Gasteiger partial charge is 0.323 e. The zero-order valence-electron chi connectivity index (χ0n) is 11.7. The maximum absolute atomic E-state index is 14.1. The summed E-state index contributed by atoms with van der Waals surface area (Å²) in [7, 11) is 1.22. The number of carbonyl (C=O) groups is 3. The first-order valence-corrected chi connectivity index (χ1v) is 6.40. The van der Waals surface area contributed by atoms with E-state index in [0.717, 1.165) is 16.9 Å². The van der Waals surface area contributed by atoms with Crippen molar-refractivity contribution in [3.63, 3.8) is 0 Å². The van der Waals surface area contributed by atoms with E-state index in [0.29, 0.717) is 0 Å². The Morgan fingerprint density at radius 2 is 1.70 bits per heavy atom. The fourth-order valence-corrected chi connectivity index (χ4v) is 2.18. The second-order valence-electron chi connectivity index (χ2n) is 4.74. The van der Waals surface area contributed by atoms with E-state index in [2.05, 4.69) is 9.94 Å².